The van der Waals surface area contributed by atoms with Crippen LogP contribution in [0.5, 0.6) is 0 Å². The van der Waals surface area contributed by atoms with Gasteiger partial charge in [-0.05, 0) is 66.1 Å². The van der Waals surface area contributed by atoms with Crippen LogP contribution < -0.4 is 4.90 Å². The number of benzene rings is 4. The van der Waals surface area contributed by atoms with Crippen molar-refractivity contribution in [1.29, 1.82) is 0 Å². The molecule has 2 N–H and O–H groups in total. The van der Waals surface area contributed by atoms with E-state index in [1.807, 2.05) is 132 Å². The molecule has 0 fully saturated rings. The Bertz CT molecular complexity index is 2280. The van der Waals surface area contributed by atoms with E-state index in [2.05, 4.69) is 0 Å². The predicted octanol–water partition coefficient (Wildman–Crippen LogP) is 7.24. The monoisotopic (exact) mass is 657 g/mol. The van der Waals surface area contributed by atoms with Gasteiger partial charge >= 0.3 is 10.1 Å². The minimum atomic E-state index is -4.35. The summed E-state index contributed by atoms with van der Waals surface area (Å²) in [6.45, 7) is 10.1. The Morgan fingerprint density at radius 1 is 0.783 bits per heavy atom. The molecule has 8 nitrogen and oxygen atoms in total. The van der Waals surface area contributed by atoms with E-state index in [1.165, 1.54) is 0 Å². The zero-order chi connectivity index (χ0) is 33.2. The molecule has 0 bridgehead atoms. The van der Waals surface area contributed by atoms with Gasteiger partial charge in [-0.15, -0.1) is 0 Å². The Morgan fingerprint density at radius 2 is 1.37 bits per heavy atom. The quantitative estimate of drug-likeness (QED) is 0.122. The highest BCUT2D eigenvalue weighted by molar-refractivity contribution is 7.86. The summed E-state index contributed by atoms with van der Waals surface area (Å²) in [6, 6.07) is 23.6. The van der Waals surface area contributed by atoms with Crippen LogP contribution in [0.3, 0.4) is 0 Å². The first kappa shape index (κ1) is 31.9. The third-order valence-corrected chi connectivity index (χ3v) is 10.3. The van der Waals surface area contributed by atoms with Crippen LogP contribution in [0.2, 0.25) is 0 Å². The Labute approximate surface area is 270 Å². The maximum absolute atomic E-state index is 12.2. The second kappa shape index (κ2) is 11.0. The lowest BCUT2D eigenvalue weighted by molar-refractivity contribution is -0.415. The molecule has 0 unspecified atom stereocenters. The molecular weight excluding hydrogens is 621 g/mol. The van der Waals surface area contributed by atoms with Crippen molar-refractivity contribution in [2.75, 3.05) is 16.7 Å². The fourth-order valence-electron chi connectivity index (χ4n) is 7.15. The second-order valence-corrected chi connectivity index (χ2v) is 15.9. The molecule has 2 aliphatic heterocycles. The number of nitrogens with zero attached hydrogens (tertiary/aromatic N) is 2. The summed E-state index contributed by atoms with van der Waals surface area (Å²) in [5, 5.41) is 4.10. The van der Waals surface area contributed by atoms with Crippen LogP contribution in [-0.2, 0) is 31.1 Å². The normalized spacial score (nSPS) is 18.7. The van der Waals surface area contributed by atoms with Crippen molar-refractivity contribution in [3.63, 3.8) is 0 Å². The lowest BCUT2D eigenvalue weighted by Gasteiger charge is -2.26. The summed E-state index contributed by atoms with van der Waals surface area (Å²) in [5.41, 5.74) is 4.50. The Kier molecular flexibility index (Phi) is 7.63. The van der Waals surface area contributed by atoms with E-state index >= 15 is 0 Å². The van der Waals surface area contributed by atoms with E-state index in [0.29, 0.717) is 11.4 Å². The van der Waals surface area contributed by atoms with Crippen LogP contribution in [0.1, 0.15) is 45.7 Å². The molecule has 2 aliphatic rings. The number of anilines is 1. The summed E-state index contributed by atoms with van der Waals surface area (Å²) in [4.78, 5) is 1.65. The van der Waals surface area contributed by atoms with Crippen molar-refractivity contribution in [1.82, 2.24) is 0 Å². The van der Waals surface area contributed by atoms with Crippen LogP contribution >= 0.6 is 0 Å². The minimum Gasteiger partial charge on any atom is -0.327 e. The van der Waals surface area contributed by atoms with Gasteiger partial charge in [0, 0.05) is 34.5 Å². The SMILES string of the molecule is CC(C=CC1=[N+](CS(=O)(=O)O)c2ccc3ccccc3c2C1(C)C)=CC=C1N(CS(=O)(=O)O)c2ccc3ccccc3c2C1(C)C. The van der Waals surface area contributed by atoms with Gasteiger partial charge in [0.1, 0.15) is 0 Å². The molecule has 0 aromatic heterocycles. The first-order chi connectivity index (χ1) is 21.5. The largest absolute Gasteiger partial charge is 0.327 e. The lowest BCUT2D eigenvalue weighted by atomic mass is 9.79. The van der Waals surface area contributed by atoms with Crippen molar-refractivity contribution in [2.24, 2.45) is 0 Å². The molecule has 2 heterocycles. The number of allylic oxidation sites excluding steroid dienone is 6. The second-order valence-electron chi connectivity index (χ2n) is 13.1. The molecular formula is C36H37N2O6S2+. The van der Waals surface area contributed by atoms with Crippen molar-refractivity contribution in [2.45, 2.75) is 45.4 Å². The maximum atomic E-state index is 12.2. The molecule has 46 heavy (non-hydrogen) atoms. The van der Waals surface area contributed by atoms with E-state index in [0.717, 1.165) is 49.6 Å². The fraction of sp³-hybridized carbons (Fsp3) is 0.250. The maximum Gasteiger partial charge on any atom is 0.326 e. The van der Waals surface area contributed by atoms with Crippen molar-refractivity contribution < 1.29 is 30.5 Å². The minimum absolute atomic E-state index is 0.584. The average Bonchev–Trinajstić information content (AvgIpc) is 3.31. The van der Waals surface area contributed by atoms with E-state index in [9.17, 15) is 25.9 Å². The molecule has 10 heteroatoms. The van der Waals surface area contributed by atoms with E-state index in [1.54, 1.807) is 9.48 Å². The summed E-state index contributed by atoms with van der Waals surface area (Å²) < 4.78 is 70.1. The Morgan fingerprint density at radius 3 is 1.98 bits per heavy atom. The zero-order valence-corrected chi connectivity index (χ0v) is 28.0. The molecule has 0 amide bonds. The lowest BCUT2D eigenvalue weighted by Crippen LogP contribution is -2.30. The van der Waals surface area contributed by atoms with Crippen molar-refractivity contribution in [3.8, 4) is 0 Å². The smallest absolute Gasteiger partial charge is 0.326 e. The first-order valence-corrected chi connectivity index (χ1v) is 18.2. The van der Waals surface area contributed by atoms with Gasteiger partial charge in [0.25, 0.3) is 16.0 Å². The summed E-state index contributed by atoms with van der Waals surface area (Å²) in [7, 11) is -8.70. The Hall–Kier alpha value is -4.09. The molecule has 6 rings (SSSR count). The van der Waals surface area contributed by atoms with Crippen molar-refractivity contribution in [3.05, 3.63) is 119 Å². The average molecular weight is 658 g/mol. The van der Waals surface area contributed by atoms with Gasteiger partial charge in [-0.2, -0.15) is 21.4 Å². The van der Waals surface area contributed by atoms with Gasteiger partial charge in [0.05, 0.1) is 5.41 Å². The standard InChI is InChI=1S/C36H36N2O6S2/c1-24(14-20-31-35(2,3)33-27-12-8-6-10-25(27)16-18-29(33)37(31)22-45(39,40)41)15-21-32-36(4,5)34-28-13-9-7-11-26(28)17-19-30(34)38(32)23-46(42,43)44/h6-21H,22-23H2,1-5H3,(H-,39,40,41,42,43,44)/p+1. The third kappa shape index (κ3) is 5.60. The fourth-order valence-corrected chi connectivity index (χ4v) is 8.36. The summed E-state index contributed by atoms with van der Waals surface area (Å²) >= 11 is 0. The van der Waals surface area contributed by atoms with Gasteiger partial charge in [-0.25, -0.2) is 0 Å². The van der Waals surface area contributed by atoms with E-state index in [-0.39, 0.29) is 0 Å². The van der Waals surface area contributed by atoms with Gasteiger partial charge in [-0.3, -0.25) is 9.11 Å². The molecule has 4 aromatic rings. The van der Waals surface area contributed by atoms with Gasteiger partial charge in [0.15, 0.2) is 11.6 Å². The highest BCUT2D eigenvalue weighted by Crippen LogP contribution is 2.51. The van der Waals surface area contributed by atoms with Crippen LogP contribution in [0.4, 0.5) is 11.4 Å². The summed E-state index contributed by atoms with van der Waals surface area (Å²) in [6.07, 6.45) is 7.53. The van der Waals surface area contributed by atoms with Gasteiger partial charge < -0.3 is 4.90 Å². The molecule has 0 saturated heterocycles. The number of fused-ring (bicyclic) bond motifs is 6. The number of hydrogen-bond donors (Lipinski definition) is 2. The highest BCUT2D eigenvalue weighted by Gasteiger charge is 2.47. The van der Waals surface area contributed by atoms with Crippen LogP contribution in [0.25, 0.3) is 21.5 Å². The molecule has 0 saturated carbocycles. The van der Waals surface area contributed by atoms with Crippen molar-refractivity contribution >= 4 is 58.9 Å². The molecule has 238 valence electrons. The molecule has 0 atom stereocenters. The molecule has 4 aromatic carbocycles. The van der Waals surface area contributed by atoms with Crippen LogP contribution in [0, 0.1) is 0 Å². The summed E-state index contributed by atoms with van der Waals surface area (Å²) in [5.74, 6) is -1.17. The third-order valence-electron chi connectivity index (χ3n) is 9.10. The van der Waals surface area contributed by atoms with Crippen LogP contribution in [0.15, 0.2) is 108 Å². The molecule has 0 radical (unpaired) electrons. The van der Waals surface area contributed by atoms with Gasteiger partial charge in [-0.1, -0.05) is 86.2 Å². The van der Waals surface area contributed by atoms with E-state index in [4.69, 9.17) is 0 Å². The van der Waals surface area contributed by atoms with E-state index < -0.39 is 42.8 Å². The van der Waals surface area contributed by atoms with Gasteiger partial charge in [0.2, 0.25) is 5.69 Å². The van der Waals surface area contributed by atoms with Crippen LogP contribution in [-0.4, -0.2) is 48.0 Å². The Balaban J connectivity index is 1.44. The predicted molar refractivity (Wildman–Crippen MR) is 185 cm³/mol. The number of hydrogen-bond acceptors (Lipinski definition) is 5. The first-order valence-electron chi connectivity index (χ1n) is 14.9. The molecule has 0 spiro atoms. The molecule has 0 aliphatic carbocycles. The zero-order valence-electron chi connectivity index (χ0n) is 26.4. The highest BCUT2D eigenvalue weighted by atomic mass is 32.2. The topological polar surface area (TPSA) is 115 Å². The number of rotatable bonds is 7.